The zero-order valence-corrected chi connectivity index (χ0v) is 20.7. The van der Waals surface area contributed by atoms with Gasteiger partial charge in [-0.2, -0.15) is 0 Å². The van der Waals surface area contributed by atoms with Crippen molar-refractivity contribution in [1.82, 2.24) is 9.97 Å². The van der Waals surface area contributed by atoms with Gasteiger partial charge in [-0.15, -0.1) is 0 Å². The molecule has 2 aromatic carbocycles. The Morgan fingerprint density at radius 1 is 0.971 bits per heavy atom. The number of carbonyl (C=O) groups is 1. The minimum Gasteiger partial charge on any atom is -0.325 e. The minimum atomic E-state index is -3.93. The van der Waals surface area contributed by atoms with E-state index in [1.807, 2.05) is 13.0 Å². The monoisotopic (exact) mass is 503 g/mol. The zero-order valence-electron chi connectivity index (χ0n) is 19.1. The number of carbonyl (C=O) groups excluding carboxylic acids is 1. The molecule has 0 aliphatic carbocycles. The van der Waals surface area contributed by atoms with Gasteiger partial charge >= 0.3 is 0 Å². The molecule has 0 aliphatic heterocycles. The van der Waals surface area contributed by atoms with Crippen LogP contribution in [0.4, 0.5) is 17.3 Å². The molecule has 12 heteroatoms. The van der Waals surface area contributed by atoms with Crippen LogP contribution < -0.4 is 14.3 Å². The summed E-state index contributed by atoms with van der Waals surface area (Å²) in [7, 11) is -7.66. The fourth-order valence-electron chi connectivity index (χ4n) is 3.19. The number of aromatic nitrogens is 2. The van der Waals surface area contributed by atoms with Crippen molar-refractivity contribution in [3.8, 4) is 0 Å². The Labute approximate surface area is 199 Å². The molecule has 3 rings (SSSR count). The Bertz CT molecular complexity index is 1420. The fraction of sp³-hybridized carbons (Fsp3) is 0.227. The van der Waals surface area contributed by atoms with Crippen LogP contribution in [0.2, 0.25) is 0 Å². The smallest absolute Gasteiger partial charge is 0.264 e. The highest BCUT2D eigenvalue weighted by molar-refractivity contribution is 7.92. The lowest BCUT2D eigenvalue weighted by Crippen LogP contribution is -2.37. The summed E-state index contributed by atoms with van der Waals surface area (Å²) in [6.07, 6.45) is 2.47. The lowest BCUT2D eigenvalue weighted by molar-refractivity contribution is -0.114. The highest BCUT2D eigenvalue weighted by Crippen LogP contribution is 2.24. The van der Waals surface area contributed by atoms with E-state index in [0.717, 1.165) is 21.7 Å². The molecular weight excluding hydrogens is 478 g/mol. The minimum absolute atomic E-state index is 0.0513. The van der Waals surface area contributed by atoms with Gasteiger partial charge in [-0.3, -0.25) is 9.10 Å². The van der Waals surface area contributed by atoms with Crippen molar-refractivity contribution in [3.05, 3.63) is 71.5 Å². The molecule has 0 spiro atoms. The lowest BCUT2D eigenvalue weighted by Gasteiger charge is -2.24. The third-order valence-corrected chi connectivity index (χ3v) is 7.25. The van der Waals surface area contributed by atoms with Crippen LogP contribution in [0, 0.1) is 20.8 Å². The first-order chi connectivity index (χ1) is 15.8. The van der Waals surface area contributed by atoms with Gasteiger partial charge in [0.15, 0.2) is 0 Å². The van der Waals surface area contributed by atoms with Gasteiger partial charge in [-0.25, -0.2) is 31.5 Å². The molecule has 0 saturated carbocycles. The van der Waals surface area contributed by atoms with E-state index in [9.17, 15) is 21.6 Å². The Morgan fingerprint density at radius 2 is 1.65 bits per heavy atom. The second-order valence-corrected chi connectivity index (χ2v) is 11.3. The van der Waals surface area contributed by atoms with Crippen molar-refractivity contribution in [2.24, 2.45) is 0 Å². The number of hydrogen-bond donors (Lipinski definition) is 2. The van der Waals surface area contributed by atoms with Crippen LogP contribution in [-0.2, 0) is 24.8 Å². The van der Waals surface area contributed by atoms with Crippen LogP contribution >= 0.6 is 0 Å². The van der Waals surface area contributed by atoms with Crippen LogP contribution in [0.5, 0.6) is 0 Å². The molecule has 0 saturated heterocycles. The third kappa shape index (κ3) is 6.29. The van der Waals surface area contributed by atoms with Crippen LogP contribution in [0.15, 0.2) is 59.6 Å². The second kappa shape index (κ2) is 9.77. The highest BCUT2D eigenvalue weighted by Gasteiger charge is 2.23. The maximum absolute atomic E-state index is 12.6. The van der Waals surface area contributed by atoms with E-state index in [-0.39, 0.29) is 10.8 Å². The molecule has 1 aromatic heterocycles. The zero-order chi connectivity index (χ0) is 25.1. The van der Waals surface area contributed by atoms with Gasteiger partial charge < -0.3 is 5.32 Å². The summed E-state index contributed by atoms with van der Waals surface area (Å²) in [4.78, 5) is 20.4. The van der Waals surface area contributed by atoms with Gasteiger partial charge in [0.1, 0.15) is 6.54 Å². The molecule has 1 heterocycles. The molecule has 0 aliphatic rings. The molecule has 2 N–H and O–H groups in total. The molecule has 0 bridgehead atoms. The summed E-state index contributed by atoms with van der Waals surface area (Å²) < 4.78 is 53.1. The molecular formula is C22H25N5O5S2. The topological polar surface area (TPSA) is 138 Å². The summed E-state index contributed by atoms with van der Waals surface area (Å²) in [5.74, 6) is -0.628. The Kier molecular flexibility index (Phi) is 7.22. The highest BCUT2D eigenvalue weighted by atomic mass is 32.2. The number of nitrogens with zero attached hydrogens (tertiary/aromatic N) is 3. The molecule has 0 unspecified atom stereocenters. The molecule has 34 heavy (non-hydrogen) atoms. The maximum atomic E-state index is 12.6. The predicted molar refractivity (Wildman–Crippen MR) is 131 cm³/mol. The standard InChI is InChI=1S/C22H25N5O5S2/c1-15-5-10-20(16(2)13-15)27(33(4,29)30)14-21(28)25-18-6-8-19(9-7-18)34(31,32)26-22-23-12-11-17(3)24-22/h5-13H,14H2,1-4H3,(H,25,28)(H,23,24,26). The number of anilines is 3. The van der Waals surface area contributed by atoms with Gasteiger partial charge in [-0.05, 0) is 62.7 Å². The van der Waals surface area contributed by atoms with E-state index >= 15 is 0 Å². The number of hydrogen-bond acceptors (Lipinski definition) is 7. The molecule has 0 atom stereocenters. The van der Waals surface area contributed by atoms with E-state index in [1.165, 1.54) is 30.5 Å². The average Bonchev–Trinajstić information content (AvgIpc) is 2.72. The van der Waals surface area contributed by atoms with Crippen molar-refractivity contribution in [2.75, 3.05) is 27.1 Å². The van der Waals surface area contributed by atoms with Crippen LogP contribution in [0.25, 0.3) is 0 Å². The van der Waals surface area contributed by atoms with Crippen molar-refractivity contribution >= 4 is 43.3 Å². The molecule has 0 radical (unpaired) electrons. The summed E-state index contributed by atoms with van der Waals surface area (Å²) >= 11 is 0. The fourth-order valence-corrected chi connectivity index (χ4v) is 5.06. The quantitative estimate of drug-likeness (QED) is 0.482. The molecule has 10 nitrogen and oxygen atoms in total. The number of aryl methyl sites for hydroxylation is 3. The van der Waals surface area contributed by atoms with Gasteiger partial charge in [-0.1, -0.05) is 17.7 Å². The molecule has 180 valence electrons. The number of benzene rings is 2. The maximum Gasteiger partial charge on any atom is 0.264 e. The van der Waals surface area contributed by atoms with E-state index in [4.69, 9.17) is 0 Å². The van der Waals surface area contributed by atoms with Crippen LogP contribution in [0.3, 0.4) is 0 Å². The molecule has 3 aromatic rings. The summed E-state index contributed by atoms with van der Waals surface area (Å²) in [5, 5.41) is 2.60. The van der Waals surface area contributed by atoms with Crippen LogP contribution in [0.1, 0.15) is 16.8 Å². The number of amides is 1. The van der Waals surface area contributed by atoms with Crippen molar-refractivity contribution in [2.45, 2.75) is 25.7 Å². The SMILES string of the molecule is Cc1ccc(N(CC(=O)Nc2ccc(S(=O)(=O)Nc3nccc(C)n3)cc2)S(C)(=O)=O)c(C)c1. The average molecular weight is 504 g/mol. The Hall–Kier alpha value is -3.51. The Morgan fingerprint density at radius 3 is 2.24 bits per heavy atom. The van der Waals surface area contributed by atoms with Crippen molar-refractivity contribution < 1.29 is 21.6 Å². The van der Waals surface area contributed by atoms with Crippen LogP contribution in [-0.4, -0.2) is 45.5 Å². The van der Waals surface area contributed by atoms with Crippen molar-refractivity contribution in [3.63, 3.8) is 0 Å². The first-order valence-corrected chi connectivity index (χ1v) is 13.5. The second-order valence-electron chi connectivity index (χ2n) is 7.76. The summed E-state index contributed by atoms with van der Waals surface area (Å²) in [6.45, 7) is 4.94. The number of nitrogens with one attached hydrogen (secondary N) is 2. The Balaban J connectivity index is 1.73. The van der Waals surface area contributed by atoms with Crippen molar-refractivity contribution in [1.29, 1.82) is 0 Å². The van der Waals surface area contributed by atoms with E-state index < -0.39 is 32.5 Å². The summed E-state index contributed by atoms with van der Waals surface area (Å²) in [6, 6.07) is 12.3. The molecule has 1 amide bonds. The first-order valence-electron chi connectivity index (χ1n) is 10.1. The summed E-state index contributed by atoms with van der Waals surface area (Å²) in [5.41, 5.74) is 3.02. The van der Waals surface area contributed by atoms with Gasteiger partial charge in [0.25, 0.3) is 10.0 Å². The predicted octanol–water partition coefficient (Wildman–Crippen LogP) is 2.61. The van der Waals surface area contributed by atoms with Gasteiger partial charge in [0, 0.05) is 17.6 Å². The van der Waals surface area contributed by atoms with E-state index in [2.05, 4.69) is 20.0 Å². The van der Waals surface area contributed by atoms with E-state index in [0.29, 0.717) is 17.1 Å². The number of sulfonamides is 2. The number of rotatable bonds is 8. The first kappa shape index (κ1) is 25.1. The molecule has 0 fully saturated rings. The largest absolute Gasteiger partial charge is 0.325 e. The van der Waals surface area contributed by atoms with Gasteiger partial charge in [0.2, 0.25) is 21.9 Å². The van der Waals surface area contributed by atoms with Gasteiger partial charge in [0.05, 0.1) is 16.8 Å². The normalized spacial score (nSPS) is 11.6. The lowest BCUT2D eigenvalue weighted by atomic mass is 10.1. The van der Waals surface area contributed by atoms with E-state index in [1.54, 1.807) is 32.0 Å². The third-order valence-electron chi connectivity index (χ3n) is 4.78.